The lowest BCUT2D eigenvalue weighted by Crippen LogP contribution is -2.39. The van der Waals surface area contributed by atoms with Crippen LogP contribution in [0.4, 0.5) is 0 Å². The highest BCUT2D eigenvalue weighted by Gasteiger charge is 2.54. The Morgan fingerprint density at radius 3 is 2.96 bits per heavy atom. The molecule has 1 aliphatic carbocycles. The number of benzene rings is 1. The van der Waals surface area contributed by atoms with Crippen molar-refractivity contribution in [1.82, 2.24) is 10.2 Å². The standard InChI is InChI=1S/C18H24N2O3/c1-13-4-2-5-14(8-13)9-19-16(21)11-20-10-15-6-3-7-18(15,12-20)17(22)23/h2,4-5,8,15H,3,6-7,9-12H2,1H3,(H,19,21)(H,22,23)/t15-,18+/m0/s1. The minimum Gasteiger partial charge on any atom is -0.481 e. The number of carboxylic acids is 1. The lowest BCUT2D eigenvalue weighted by molar-refractivity contribution is -0.149. The molecule has 0 bridgehead atoms. The number of hydrogen-bond acceptors (Lipinski definition) is 3. The second-order valence-electron chi connectivity index (χ2n) is 6.99. The Hall–Kier alpha value is -1.88. The Balaban J connectivity index is 1.52. The third-order valence-electron chi connectivity index (χ3n) is 5.31. The molecular weight excluding hydrogens is 292 g/mol. The first kappa shape index (κ1) is 16.0. The van der Waals surface area contributed by atoms with Crippen LogP contribution in [0, 0.1) is 18.3 Å². The van der Waals surface area contributed by atoms with Crippen molar-refractivity contribution in [2.75, 3.05) is 19.6 Å². The van der Waals surface area contributed by atoms with Gasteiger partial charge in [0.05, 0.1) is 12.0 Å². The Labute approximate surface area is 136 Å². The van der Waals surface area contributed by atoms with Crippen molar-refractivity contribution in [2.24, 2.45) is 11.3 Å². The third-order valence-corrected chi connectivity index (χ3v) is 5.31. The zero-order valence-electron chi connectivity index (χ0n) is 13.5. The van der Waals surface area contributed by atoms with E-state index in [4.69, 9.17) is 0 Å². The summed E-state index contributed by atoms with van der Waals surface area (Å²) < 4.78 is 0. The van der Waals surface area contributed by atoms with Gasteiger partial charge in [0.1, 0.15) is 0 Å². The predicted octanol–water partition coefficient (Wildman–Crippen LogP) is 1.80. The number of amides is 1. The number of hydrogen-bond donors (Lipinski definition) is 2. The average Bonchev–Trinajstić information content (AvgIpc) is 3.03. The van der Waals surface area contributed by atoms with Crippen molar-refractivity contribution in [1.29, 1.82) is 0 Å². The minimum atomic E-state index is -0.692. The first-order chi connectivity index (χ1) is 11.0. The van der Waals surface area contributed by atoms with E-state index >= 15 is 0 Å². The molecule has 2 fully saturated rings. The Kier molecular flexibility index (Phi) is 4.39. The van der Waals surface area contributed by atoms with Crippen LogP contribution in [0.2, 0.25) is 0 Å². The van der Waals surface area contributed by atoms with E-state index in [1.807, 2.05) is 30.0 Å². The summed E-state index contributed by atoms with van der Waals surface area (Å²) in [4.78, 5) is 25.8. The number of fused-ring (bicyclic) bond motifs is 1. The zero-order chi connectivity index (χ0) is 16.4. The molecule has 2 N–H and O–H groups in total. The quantitative estimate of drug-likeness (QED) is 0.869. The molecule has 3 rings (SSSR count). The van der Waals surface area contributed by atoms with Crippen LogP contribution in [0.1, 0.15) is 30.4 Å². The maximum atomic E-state index is 12.2. The summed E-state index contributed by atoms with van der Waals surface area (Å²) in [6, 6.07) is 8.06. The molecule has 0 spiro atoms. The number of carbonyl (C=O) groups is 2. The Bertz CT molecular complexity index is 616. The van der Waals surface area contributed by atoms with Crippen LogP contribution in [-0.4, -0.2) is 41.5 Å². The fourth-order valence-electron chi connectivity index (χ4n) is 4.15. The van der Waals surface area contributed by atoms with E-state index in [0.717, 1.165) is 31.4 Å². The summed E-state index contributed by atoms with van der Waals surface area (Å²) in [5.74, 6) is -0.528. The fourth-order valence-corrected chi connectivity index (χ4v) is 4.15. The van der Waals surface area contributed by atoms with Crippen LogP contribution in [0.3, 0.4) is 0 Å². The topological polar surface area (TPSA) is 69.6 Å². The van der Waals surface area contributed by atoms with Crippen molar-refractivity contribution in [3.8, 4) is 0 Å². The minimum absolute atomic E-state index is 0.0352. The summed E-state index contributed by atoms with van der Waals surface area (Å²) in [5, 5.41) is 12.5. The van der Waals surface area contributed by atoms with E-state index in [2.05, 4.69) is 11.4 Å². The third kappa shape index (κ3) is 3.24. The highest BCUT2D eigenvalue weighted by molar-refractivity contribution is 5.79. The number of rotatable bonds is 5. The molecular formula is C18H24N2O3. The van der Waals surface area contributed by atoms with E-state index in [-0.39, 0.29) is 18.4 Å². The molecule has 1 aromatic carbocycles. The van der Waals surface area contributed by atoms with E-state index in [1.165, 1.54) is 5.56 Å². The number of nitrogens with one attached hydrogen (secondary N) is 1. The molecule has 1 heterocycles. The first-order valence-corrected chi connectivity index (χ1v) is 8.27. The molecule has 5 nitrogen and oxygen atoms in total. The monoisotopic (exact) mass is 316 g/mol. The van der Waals surface area contributed by atoms with Crippen LogP contribution in [0.5, 0.6) is 0 Å². The summed E-state index contributed by atoms with van der Waals surface area (Å²) >= 11 is 0. The molecule has 124 valence electrons. The second-order valence-corrected chi connectivity index (χ2v) is 6.99. The predicted molar refractivity (Wildman–Crippen MR) is 86.9 cm³/mol. The van der Waals surface area contributed by atoms with Crippen LogP contribution in [0.15, 0.2) is 24.3 Å². The van der Waals surface area contributed by atoms with Gasteiger partial charge >= 0.3 is 5.97 Å². The van der Waals surface area contributed by atoms with Crippen LogP contribution in [-0.2, 0) is 16.1 Å². The van der Waals surface area contributed by atoms with Gasteiger partial charge in [-0.1, -0.05) is 36.2 Å². The molecule has 1 amide bonds. The molecule has 0 radical (unpaired) electrons. The first-order valence-electron chi connectivity index (χ1n) is 8.27. The molecule has 2 atom stereocenters. The molecule has 1 saturated carbocycles. The van der Waals surface area contributed by atoms with Crippen LogP contribution < -0.4 is 5.32 Å². The van der Waals surface area contributed by atoms with Crippen LogP contribution in [0.25, 0.3) is 0 Å². The van der Waals surface area contributed by atoms with Crippen molar-refractivity contribution in [3.05, 3.63) is 35.4 Å². The number of aliphatic carboxylic acids is 1. The van der Waals surface area contributed by atoms with Gasteiger partial charge in [0.15, 0.2) is 0 Å². The van der Waals surface area contributed by atoms with E-state index in [0.29, 0.717) is 13.1 Å². The Morgan fingerprint density at radius 2 is 2.26 bits per heavy atom. The van der Waals surface area contributed by atoms with Gasteiger partial charge in [-0.2, -0.15) is 0 Å². The van der Waals surface area contributed by atoms with E-state index < -0.39 is 11.4 Å². The summed E-state index contributed by atoms with van der Waals surface area (Å²) in [6.07, 6.45) is 2.70. The molecule has 0 aromatic heterocycles. The SMILES string of the molecule is Cc1cccc(CNC(=O)CN2C[C@@H]3CCC[C@@]3(C(=O)O)C2)c1. The number of carbonyl (C=O) groups excluding carboxylic acids is 1. The maximum absolute atomic E-state index is 12.2. The summed E-state index contributed by atoms with van der Waals surface area (Å²) in [5.41, 5.74) is 1.64. The van der Waals surface area contributed by atoms with Gasteiger partial charge in [0.2, 0.25) is 5.91 Å². The molecule has 5 heteroatoms. The fraction of sp³-hybridized carbons (Fsp3) is 0.556. The molecule has 1 aromatic rings. The maximum Gasteiger partial charge on any atom is 0.311 e. The highest BCUT2D eigenvalue weighted by atomic mass is 16.4. The van der Waals surface area contributed by atoms with Gasteiger partial charge < -0.3 is 10.4 Å². The van der Waals surface area contributed by atoms with E-state index in [1.54, 1.807) is 0 Å². The smallest absolute Gasteiger partial charge is 0.311 e. The summed E-state index contributed by atoms with van der Waals surface area (Å²) in [7, 11) is 0. The highest BCUT2D eigenvalue weighted by Crippen LogP contribution is 2.48. The molecule has 1 saturated heterocycles. The van der Waals surface area contributed by atoms with Crippen LogP contribution >= 0.6 is 0 Å². The van der Waals surface area contributed by atoms with E-state index in [9.17, 15) is 14.7 Å². The van der Waals surface area contributed by atoms with Crippen molar-refractivity contribution in [3.63, 3.8) is 0 Å². The summed E-state index contributed by atoms with van der Waals surface area (Å²) in [6.45, 7) is 4.06. The van der Waals surface area contributed by atoms with Gasteiger partial charge in [-0.05, 0) is 31.2 Å². The normalized spacial score (nSPS) is 26.9. The average molecular weight is 316 g/mol. The number of aryl methyl sites for hydroxylation is 1. The van der Waals surface area contributed by atoms with Crippen molar-refractivity contribution in [2.45, 2.75) is 32.7 Å². The molecule has 23 heavy (non-hydrogen) atoms. The van der Waals surface area contributed by atoms with Crippen molar-refractivity contribution < 1.29 is 14.7 Å². The molecule has 2 aliphatic rings. The van der Waals surface area contributed by atoms with Gasteiger partial charge in [0.25, 0.3) is 0 Å². The Morgan fingerprint density at radius 1 is 1.43 bits per heavy atom. The van der Waals surface area contributed by atoms with Gasteiger partial charge in [-0.25, -0.2) is 0 Å². The number of nitrogens with zero attached hydrogens (tertiary/aromatic N) is 1. The van der Waals surface area contributed by atoms with Gasteiger partial charge in [0, 0.05) is 19.6 Å². The number of carboxylic acid groups (broad SMARTS) is 1. The molecule has 0 unspecified atom stereocenters. The van der Waals surface area contributed by atoms with Gasteiger partial charge in [-0.15, -0.1) is 0 Å². The zero-order valence-corrected chi connectivity index (χ0v) is 13.5. The van der Waals surface area contributed by atoms with Gasteiger partial charge in [-0.3, -0.25) is 14.5 Å². The number of likely N-dealkylation sites (tertiary alicyclic amines) is 1. The second kappa shape index (κ2) is 6.32. The lowest BCUT2D eigenvalue weighted by atomic mass is 9.81. The largest absolute Gasteiger partial charge is 0.481 e. The van der Waals surface area contributed by atoms with Crippen molar-refractivity contribution >= 4 is 11.9 Å². The lowest BCUT2D eigenvalue weighted by Gasteiger charge is -2.23. The molecule has 1 aliphatic heterocycles.